The van der Waals surface area contributed by atoms with Crippen LogP contribution >= 0.6 is 11.6 Å². The Kier molecular flexibility index (Phi) is 3.70. The predicted octanol–water partition coefficient (Wildman–Crippen LogP) is 3.76. The molecule has 0 radical (unpaired) electrons. The number of anilines is 1. The molecule has 1 unspecified atom stereocenters. The van der Waals surface area contributed by atoms with Crippen LogP contribution in [0.4, 0.5) is 5.69 Å². The van der Waals surface area contributed by atoms with Gasteiger partial charge in [-0.1, -0.05) is 29.8 Å². The summed E-state index contributed by atoms with van der Waals surface area (Å²) in [5, 5.41) is 3.97. The molecule has 3 rings (SSSR count). The van der Waals surface area contributed by atoms with Crippen molar-refractivity contribution in [3.63, 3.8) is 0 Å². The van der Waals surface area contributed by atoms with Crippen LogP contribution in [0.25, 0.3) is 0 Å². The zero-order valence-electron chi connectivity index (χ0n) is 11.2. The van der Waals surface area contributed by atoms with Crippen molar-refractivity contribution in [1.82, 2.24) is 0 Å². The van der Waals surface area contributed by atoms with Gasteiger partial charge < -0.3 is 14.8 Å². The summed E-state index contributed by atoms with van der Waals surface area (Å²) in [6, 6.07) is 13.8. The fraction of sp³-hybridized carbons (Fsp3) is 0.250. The van der Waals surface area contributed by atoms with Gasteiger partial charge in [-0.2, -0.15) is 0 Å². The number of rotatable bonds is 4. The maximum absolute atomic E-state index is 6.01. The van der Waals surface area contributed by atoms with Gasteiger partial charge in [0.15, 0.2) is 0 Å². The van der Waals surface area contributed by atoms with Crippen LogP contribution < -0.4 is 14.8 Å². The van der Waals surface area contributed by atoms with Gasteiger partial charge >= 0.3 is 0 Å². The summed E-state index contributed by atoms with van der Waals surface area (Å²) in [5.74, 6) is 1.67. The molecule has 0 bridgehead atoms. The normalized spacial score (nSPS) is 16.4. The highest BCUT2D eigenvalue weighted by molar-refractivity contribution is 6.32. The Morgan fingerprint density at radius 1 is 1.30 bits per heavy atom. The van der Waals surface area contributed by atoms with Crippen LogP contribution in [-0.2, 0) is 6.42 Å². The number of fused-ring (bicyclic) bond motifs is 1. The molecule has 2 aromatic rings. The first-order valence-corrected chi connectivity index (χ1v) is 6.96. The van der Waals surface area contributed by atoms with Gasteiger partial charge in [0, 0.05) is 18.2 Å². The number of hydrogen-bond donors (Lipinski definition) is 1. The summed E-state index contributed by atoms with van der Waals surface area (Å²) in [4.78, 5) is 0. The molecule has 1 heterocycles. The average Bonchev–Trinajstić information content (AvgIpc) is 2.89. The SMILES string of the molecule is COc1cc(NCC2Cc3ccccc3O2)ccc1Cl. The van der Waals surface area contributed by atoms with E-state index in [0.717, 1.165) is 24.4 Å². The van der Waals surface area contributed by atoms with Crippen LogP contribution in [0.1, 0.15) is 5.56 Å². The van der Waals surface area contributed by atoms with Gasteiger partial charge in [0.25, 0.3) is 0 Å². The topological polar surface area (TPSA) is 30.5 Å². The van der Waals surface area contributed by atoms with E-state index in [2.05, 4.69) is 11.4 Å². The number of benzene rings is 2. The Morgan fingerprint density at radius 3 is 2.95 bits per heavy atom. The van der Waals surface area contributed by atoms with Gasteiger partial charge in [0.05, 0.1) is 18.7 Å². The lowest BCUT2D eigenvalue weighted by molar-refractivity contribution is 0.246. The molecule has 2 aromatic carbocycles. The Labute approximate surface area is 123 Å². The first kappa shape index (κ1) is 13.1. The van der Waals surface area contributed by atoms with E-state index >= 15 is 0 Å². The van der Waals surface area contributed by atoms with Crippen molar-refractivity contribution < 1.29 is 9.47 Å². The number of hydrogen-bond acceptors (Lipinski definition) is 3. The van der Waals surface area contributed by atoms with E-state index in [1.54, 1.807) is 7.11 Å². The second kappa shape index (κ2) is 5.63. The summed E-state index contributed by atoms with van der Waals surface area (Å²) in [5.41, 5.74) is 2.25. The molecule has 0 aromatic heterocycles. The van der Waals surface area contributed by atoms with Crippen LogP contribution in [0.5, 0.6) is 11.5 Å². The molecule has 1 aliphatic heterocycles. The summed E-state index contributed by atoms with van der Waals surface area (Å²) in [7, 11) is 1.61. The molecule has 0 spiro atoms. The highest BCUT2D eigenvalue weighted by Gasteiger charge is 2.21. The minimum atomic E-state index is 0.161. The van der Waals surface area contributed by atoms with Crippen molar-refractivity contribution in [3.8, 4) is 11.5 Å². The summed E-state index contributed by atoms with van der Waals surface area (Å²) in [6.07, 6.45) is 1.10. The van der Waals surface area contributed by atoms with Crippen molar-refractivity contribution in [3.05, 3.63) is 53.1 Å². The highest BCUT2D eigenvalue weighted by atomic mass is 35.5. The standard InChI is InChI=1S/C16H16ClNO2/c1-19-16-9-12(6-7-14(16)17)18-10-13-8-11-4-2-3-5-15(11)20-13/h2-7,9,13,18H,8,10H2,1H3. The van der Waals surface area contributed by atoms with Crippen LogP contribution in [0.3, 0.4) is 0 Å². The molecular formula is C16H16ClNO2. The quantitative estimate of drug-likeness (QED) is 0.929. The monoisotopic (exact) mass is 289 g/mol. The van der Waals surface area contributed by atoms with E-state index in [0.29, 0.717) is 10.8 Å². The van der Waals surface area contributed by atoms with Gasteiger partial charge in [-0.3, -0.25) is 0 Å². The minimum Gasteiger partial charge on any atom is -0.495 e. The Balaban J connectivity index is 1.61. The fourth-order valence-corrected chi connectivity index (χ4v) is 2.56. The highest BCUT2D eigenvalue weighted by Crippen LogP contribution is 2.30. The van der Waals surface area contributed by atoms with Crippen LogP contribution in [0, 0.1) is 0 Å². The van der Waals surface area contributed by atoms with Gasteiger partial charge in [0.2, 0.25) is 0 Å². The van der Waals surface area contributed by atoms with Crippen molar-refractivity contribution >= 4 is 17.3 Å². The van der Waals surface area contributed by atoms with E-state index in [4.69, 9.17) is 21.1 Å². The first-order chi connectivity index (χ1) is 9.76. The fourth-order valence-electron chi connectivity index (χ4n) is 2.37. The number of halogens is 1. The molecule has 0 amide bonds. The van der Waals surface area contributed by atoms with Crippen LogP contribution in [-0.4, -0.2) is 19.8 Å². The number of nitrogens with one attached hydrogen (secondary N) is 1. The Morgan fingerprint density at radius 2 is 2.15 bits per heavy atom. The number of methoxy groups -OCH3 is 1. The van der Waals surface area contributed by atoms with Crippen molar-refractivity contribution in [2.75, 3.05) is 19.0 Å². The molecule has 0 aliphatic carbocycles. The Bertz CT molecular complexity index is 590. The van der Waals surface area contributed by atoms with Gasteiger partial charge in [-0.05, 0) is 23.8 Å². The molecule has 104 valence electrons. The molecule has 0 saturated carbocycles. The van der Waals surface area contributed by atoms with E-state index in [-0.39, 0.29) is 6.10 Å². The molecular weight excluding hydrogens is 274 g/mol. The van der Waals surface area contributed by atoms with Crippen molar-refractivity contribution in [2.24, 2.45) is 0 Å². The zero-order chi connectivity index (χ0) is 13.9. The number of ether oxygens (including phenoxy) is 2. The van der Waals surface area contributed by atoms with E-state index in [1.165, 1.54) is 5.56 Å². The molecule has 1 N–H and O–H groups in total. The zero-order valence-corrected chi connectivity index (χ0v) is 12.0. The second-order valence-electron chi connectivity index (χ2n) is 4.78. The minimum absolute atomic E-state index is 0.161. The summed E-state index contributed by atoms with van der Waals surface area (Å²) in [6.45, 7) is 0.749. The third-order valence-corrected chi connectivity index (χ3v) is 3.71. The smallest absolute Gasteiger partial charge is 0.139 e. The lowest BCUT2D eigenvalue weighted by Crippen LogP contribution is -2.23. The van der Waals surface area contributed by atoms with Gasteiger partial charge in [-0.15, -0.1) is 0 Å². The Hall–Kier alpha value is -1.87. The third kappa shape index (κ3) is 2.68. The summed E-state index contributed by atoms with van der Waals surface area (Å²) >= 11 is 6.01. The van der Waals surface area contributed by atoms with E-state index < -0.39 is 0 Å². The van der Waals surface area contributed by atoms with Crippen molar-refractivity contribution in [1.29, 1.82) is 0 Å². The third-order valence-electron chi connectivity index (χ3n) is 3.40. The molecule has 3 nitrogen and oxygen atoms in total. The second-order valence-corrected chi connectivity index (χ2v) is 5.19. The maximum atomic E-state index is 6.01. The first-order valence-electron chi connectivity index (χ1n) is 6.58. The lowest BCUT2D eigenvalue weighted by Gasteiger charge is -2.14. The average molecular weight is 290 g/mol. The van der Waals surface area contributed by atoms with Crippen molar-refractivity contribution in [2.45, 2.75) is 12.5 Å². The molecule has 1 aliphatic rings. The predicted molar refractivity (Wildman–Crippen MR) is 81.1 cm³/mol. The summed E-state index contributed by atoms with van der Waals surface area (Å²) < 4.78 is 11.1. The molecule has 1 atom stereocenters. The molecule has 20 heavy (non-hydrogen) atoms. The van der Waals surface area contributed by atoms with Crippen LogP contribution in [0.2, 0.25) is 5.02 Å². The van der Waals surface area contributed by atoms with E-state index in [1.807, 2.05) is 36.4 Å². The lowest BCUT2D eigenvalue weighted by atomic mass is 10.1. The van der Waals surface area contributed by atoms with Crippen LogP contribution in [0.15, 0.2) is 42.5 Å². The molecule has 0 fully saturated rings. The number of para-hydroxylation sites is 1. The largest absolute Gasteiger partial charge is 0.495 e. The molecule has 4 heteroatoms. The molecule has 0 saturated heterocycles. The maximum Gasteiger partial charge on any atom is 0.139 e. The van der Waals surface area contributed by atoms with Gasteiger partial charge in [-0.25, -0.2) is 0 Å². The van der Waals surface area contributed by atoms with Gasteiger partial charge in [0.1, 0.15) is 17.6 Å². The van der Waals surface area contributed by atoms with E-state index in [9.17, 15) is 0 Å².